The second-order valence-corrected chi connectivity index (χ2v) is 6.99. The van der Waals surface area contributed by atoms with Crippen molar-refractivity contribution in [3.05, 3.63) is 48.7 Å². The van der Waals surface area contributed by atoms with Gasteiger partial charge in [0.25, 0.3) is 0 Å². The van der Waals surface area contributed by atoms with Crippen molar-refractivity contribution in [2.45, 2.75) is 31.9 Å². The van der Waals surface area contributed by atoms with E-state index in [1.54, 1.807) is 18.7 Å². The summed E-state index contributed by atoms with van der Waals surface area (Å²) in [6.45, 7) is 4.62. The maximum absolute atomic E-state index is 6.03. The van der Waals surface area contributed by atoms with Crippen LogP contribution in [0.2, 0.25) is 0 Å². The Morgan fingerprint density at radius 3 is 2.92 bits per heavy atom. The average Bonchev–Trinajstić information content (AvgIpc) is 3.27. The Morgan fingerprint density at radius 1 is 1.25 bits per heavy atom. The molecule has 2 aromatic heterocycles. The summed E-state index contributed by atoms with van der Waals surface area (Å²) in [5.74, 6) is 1.87. The molecule has 1 spiro atoms. The monoisotopic (exact) mass is 328 g/mol. The van der Waals surface area contributed by atoms with Crippen molar-refractivity contribution in [1.29, 1.82) is 0 Å². The predicted molar refractivity (Wildman–Crippen MR) is 89.7 cm³/mol. The van der Waals surface area contributed by atoms with E-state index in [9.17, 15) is 0 Å². The molecule has 2 aromatic rings. The Kier molecular flexibility index (Phi) is 4.54. The molecule has 4 heterocycles. The number of aromatic nitrogens is 1. The number of furan rings is 1. The minimum Gasteiger partial charge on any atom is -0.489 e. The molecule has 4 rings (SSSR count). The summed E-state index contributed by atoms with van der Waals surface area (Å²) in [4.78, 5) is 6.55. The van der Waals surface area contributed by atoms with Gasteiger partial charge in [0, 0.05) is 6.20 Å². The molecule has 2 saturated heterocycles. The van der Waals surface area contributed by atoms with Crippen LogP contribution >= 0.6 is 0 Å². The fourth-order valence-corrected chi connectivity index (χ4v) is 3.78. The summed E-state index contributed by atoms with van der Waals surface area (Å²) in [7, 11) is 0. The number of nitrogens with zero attached hydrogens (tertiary/aromatic N) is 2. The molecule has 0 amide bonds. The van der Waals surface area contributed by atoms with Crippen LogP contribution in [-0.4, -0.2) is 42.3 Å². The Labute approximate surface area is 142 Å². The third kappa shape index (κ3) is 3.62. The Bertz CT molecular complexity index is 621. The number of pyridine rings is 1. The van der Waals surface area contributed by atoms with Crippen molar-refractivity contribution in [1.82, 2.24) is 9.88 Å². The fraction of sp³-hybridized carbons (Fsp3) is 0.526. The van der Waals surface area contributed by atoms with E-state index in [1.165, 1.54) is 12.8 Å². The minimum absolute atomic E-state index is 0.196. The average molecular weight is 328 g/mol. The van der Waals surface area contributed by atoms with Gasteiger partial charge in [0.15, 0.2) is 0 Å². The number of rotatable bonds is 5. The molecule has 24 heavy (non-hydrogen) atoms. The molecular formula is C19H24N2O3. The van der Waals surface area contributed by atoms with Gasteiger partial charge in [-0.1, -0.05) is 0 Å². The van der Waals surface area contributed by atoms with Gasteiger partial charge in [-0.2, -0.15) is 0 Å². The van der Waals surface area contributed by atoms with Gasteiger partial charge in [0.05, 0.1) is 31.7 Å². The van der Waals surface area contributed by atoms with Crippen molar-refractivity contribution < 1.29 is 13.9 Å². The molecule has 0 radical (unpaired) electrons. The lowest BCUT2D eigenvalue weighted by atomic mass is 9.76. The molecule has 1 atom stereocenters. The van der Waals surface area contributed by atoms with Crippen LogP contribution in [0.5, 0.6) is 5.75 Å². The van der Waals surface area contributed by atoms with Crippen molar-refractivity contribution in [2.75, 3.05) is 26.3 Å². The highest BCUT2D eigenvalue weighted by Gasteiger charge is 2.42. The fourth-order valence-electron chi connectivity index (χ4n) is 3.78. The SMILES string of the molecule is c1cncc(OC[C@H]2CC3(CCN(Cc4ccco4)CC3)CO2)c1. The van der Waals surface area contributed by atoms with E-state index in [2.05, 4.69) is 16.0 Å². The third-order valence-corrected chi connectivity index (χ3v) is 5.23. The van der Waals surface area contributed by atoms with Crippen LogP contribution in [0.1, 0.15) is 25.0 Å². The Balaban J connectivity index is 1.24. The maximum atomic E-state index is 6.03. The van der Waals surface area contributed by atoms with Gasteiger partial charge in [0.2, 0.25) is 0 Å². The van der Waals surface area contributed by atoms with Gasteiger partial charge >= 0.3 is 0 Å². The summed E-state index contributed by atoms with van der Waals surface area (Å²) in [6.07, 6.45) is 8.93. The molecule has 2 fully saturated rings. The third-order valence-electron chi connectivity index (χ3n) is 5.23. The number of hydrogen-bond donors (Lipinski definition) is 0. The Morgan fingerprint density at radius 2 is 2.17 bits per heavy atom. The Hall–Kier alpha value is -1.85. The number of ether oxygens (including phenoxy) is 2. The number of hydrogen-bond acceptors (Lipinski definition) is 5. The van der Waals surface area contributed by atoms with Gasteiger partial charge in [-0.15, -0.1) is 0 Å². The molecule has 0 N–H and O–H groups in total. The van der Waals surface area contributed by atoms with E-state index in [0.29, 0.717) is 12.0 Å². The molecule has 0 unspecified atom stereocenters. The molecule has 0 aromatic carbocycles. The molecule has 0 saturated carbocycles. The highest BCUT2D eigenvalue weighted by molar-refractivity contribution is 5.15. The van der Waals surface area contributed by atoms with E-state index in [1.807, 2.05) is 18.2 Å². The first-order valence-electron chi connectivity index (χ1n) is 8.71. The molecule has 5 heteroatoms. The normalized spacial score (nSPS) is 23.6. The lowest BCUT2D eigenvalue weighted by molar-refractivity contribution is 0.0461. The van der Waals surface area contributed by atoms with Crippen molar-refractivity contribution in [2.24, 2.45) is 5.41 Å². The molecule has 128 valence electrons. The van der Waals surface area contributed by atoms with E-state index in [-0.39, 0.29) is 6.10 Å². The van der Waals surface area contributed by atoms with Gasteiger partial charge in [-0.05, 0) is 62.0 Å². The predicted octanol–water partition coefficient (Wildman–Crippen LogP) is 3.12. The lowest BCUT2D eigenvalue weighted by Gasteiger charge is -2.38. The van der Waals surface area contributed by atoms with E-state index in [4.69, 9.17) is 13.9 Å². The highest BCUT2D eigenvalue weighted by Crippen LogP contribution is 2.42. The van der Waals surface area contributed by atoms with E-state index < -0.39 is 0 Å². The molecule has 5 nitrogen and oxygen atoms in total. The van der Waals surface area contributed by atoms with Crippen LogP contribution in [0.15, 0.2) is 47.3 Å². The van der Waals surface area contributed by atoms with Crippen molar-refractivity contribution in [3.8, 4) is 5.75 Å². The first-order valence-corrected chi connectivity index (χ1v) is 8.71. The van der Waals surface area contributed by atoms with Gasteiger partial charge < -0.3 is 13.9 Å². The molecular weight excluding hydrogens is 304 g/mol. The largest absolute Gasteiger partial charge is 0.489 e. The quantitative estimate of drug-likeness (QED) is 0.844. The topological polar surface area (TPSA) is 47.7 Å². The minimum atomic E-state index is 0.196. The molecule has 0 bridgehead atoms. The molecule has 2 aliphatic heterocycles. The zero-order chi connectivity index (χ0) is 16.2. The smallest absolute Gasteiger partial charge is 0.137 e. The first-order chi connectivity index (χ1) is 11.8. The van der Waals surface area contributed by atoms with Crippen LogP contribution in [0.3, 0.4) is 0 Å². The first kappa shape index (κ1) is 15.7. The summed E-state index contributed by atoms with van der Waals surface area (Å²) in [5, 5.41) is 0. The van der Waals surface area contributed by atoms with E-state index in [0.717, 1.165) is 44.2 Å². The van der Waals surface area contributed by atoms with Gasteiger partial charge in [-0.25, -0.2) is 0 Å². The zero-order valence-electron chi connectivity index (χ0n) is 13.9. The lowest BCUT2D eigenvalue weighted by Crippen LogP contribution is -2.40. The number of likely N-dealkylation sites (tertiary alicyclic amines) is 1. The van der Waals surface area contributed by atoms with Crippen LogP contribution in [0.25, 0.3) is 0 Å². The second kappa shape index (κ2) is 6.95. The summed E-state index contributed by atoms with van der Waals surface area (Å²) >= 11 is 0. The van der Waals surface area contributed by atoms with Crippen LogP contribution in [0.4, 0.5) is 0 Å². The van der Waals surface area contributed by atoms with Crippen LogP contribution < -0.4 is 4.74 Å². The highest BCUT2D eigenvalue weighted by atomic mass is 16.5. The van der Waals surface area contributed by atoms with Crippen LogP contribution in [-0.2, 0) is 11.3 Å². The second-order valence-electron chi connectivity index (χ2n) is 6.99. The van der Waals surface area contributed by atoms with Crippen LogP contribution in [0, 0.1) is 5.41 Å². The summed E-state index contributed by atoms with van der Waals surface area (Å²) < 4.78 is 17.3. The van der Waals surface area contributed by atoms with E-state index >= 15 is 0 Å². The summed E-state index contributed by atoms with van der Waals surface area (Å²) in [6, 6.07) is 7.83. The standard InChI is InChI=1S/C19H24N2O3/c1-3-16(12-20-7-1)23-14-18-11-19(15-24-18)5-8-21(9-6-19)13-17-4-2-10-22-17/h1-4,7,10,12,18H,5-6,8-9,11,13-15H2/t18-/m1/s1. The summed E-state index contributed by atoms with van der Waals surface area (Å²) in [5.41, 5.74) is 0.336. The van der Waals surface area contributed by atoms with Crippen molar-refractivity contribution in [3.63, 3.8) is 0 Å². The van der Waals surface area contributed by atoms with Gasteiger partial charge in [0.1, 0.15) is 18.1 Å². The number of piperidine rings is 1. The van der Waals surface area contributed by atoms with Crippen molar-refractivity contribution >= 4 is 0 Å². The molecule has 2 aliphatic rings. The maximum Gasteiger partial charge on any atom is 0.137 e. The zero-order valence-corrected chi connectivity index (χ0v) is 13.9. The molecule has 0 aliphatic carbocycles. The van der Waals surface area contributed by atoms with Gasteiger partial charge in [-0.3, -0.25) is 9.88 Å².